The molecule has 4 rings (SSSR count). The van der Waals surface area contributed by atoms with Crippen LogP contribution in [-0.2, 0) is 10.0 Å². The molecule has 0 radical (unpaired) electrons. The van der Waals surface area contributed by atoms with Crippen LogP contribution in [0.1, 0.15) is 63.2 Å². The zero-order chi connectivity index (χ0) is 19.7. The average Bonchev–Trinajstić information content (AvgIpc) is 2.83. The molecule has 8 heteroatoms. The predicted octanol–water partition coefficient (Wildman–Crippen LogP) is 4.56. The van der Waals surface area contributed by atoms with Crippen LogP contribution in [0.3, 0.4) is 0 Å². The van der Waals surface area contributed by atoms with Crippen molar-refractivity contribution in [2.24, 2.45) is 5.92 Å². The van der Waals surface area contributed by atoms with Gasteiger partial charge in [0.1, 0.15) is 21.9 Å². The van der Waals surface area contributed by atoms with Crippen molar-refractivity contribution in [1.29, 1.82) is 0 Å². The molecule has 0 spiro atoms. The molecule has 3 heterocycles. The molecule has 2 fully saturated rings. The van der Waals surface area contributed by atoms with Crippen molar-refractivity contribution >= 4 is 37.4 Å². The lowest BCUT2D eigenvalue weighted by molar-refractivity contribution is 0.288. The van der Waals surface area contributed by atoms with Crippen LogP contribution in [0.5, 0.6) is 0 Å². The fourth-order valence-electron chi connectivity index (χ4n) is 4.41. The molecule has 154 valence electrons. The van der Waals surface area contributed by atoms with Crippen molar-refractivity contribution in [3.63, 3.8) is 0 Å². The molecular formula is C20H30N4O2S2. The van der Waals surface area contributed by atoms with Gasteiger partial charge < -0.3 is 5.32 Å². The van der Waals surface area contributed by atoms with Crippen molar-refractivity contribution in [1.82, 2.24) is 14.3 Å². The van der Waals surface area contributed by atoms with Crippen LogP contribution in [-0.4, -0.2) is 41.8 Å². The molecular weight excluding hydrogens is 392 g/mol. The monoisotopic (exact) mass is 422 g/mol. The molecule has 28 heavy (non-hydrogen) atoms. The predicted molar refractivity (Wildman–Crippen MR) is 114 cm³/mol. The summed E-state index contributed by atoms with van der Waals surface area (Å²) >= 11 is 1.45. The largest absolute Gasteiger partial charge is 0.367 e. The van der Waals surface area contributed by atoms with E-state index in [0.29, 0.717) is 41.1 Å². The van der Waals surface area contributed by atoms with Crippen LogP contribution in [0.2, 0.25) is 0 Å². The molecule has 0 bridgehead atoms. The van der Waals surface area contributed by atoms with Crippen molar-refractivity contribution in [2.75, 3.05) is 18.4 Å². The summed E-state index contributed by atoms with van der Waals surface area (Å²) in [7, 11) is -3.55. The Balaban J connectivity index is 1.73. The van der Waals surface area contributed by atoms with Crippen molar-refractivity contribution < 1.29 is 8.42 Å². The summed E-state index contributed by atoms with van der Waals surface area (Å²) in [5, 5.41) is 4.26. The number of anilines is 1. The molecule has 1 aliphatic carbocycles. The summed E-state index contributed by atoms with van der Waals surface area (Å²) in [6, 6.07) is 0.354. The van der Waals surface area contributed by atoms with E-state index in [1.165, 1.54) is 37.0 Å². The van der Waals surface area contributed by atoms with Gasteiger partial charge >= 0.3 is 0 Å². The molecule has 1 saturated carbocycles. The molecule has 6 nitrogen and oxygen atoms in total. The van der Waals surface area contributed by atoms with E-state index in [-0.39, 0.29) is 0 Å². The number of nitrogens with zero attached hydrogens (tertiary/aromatic N) is 3. The zero-order valence-corrected chi connectivity index (χ0v) is 18.4. The minimum absolute atomic E-state index is 0.354. The minimum Gasteiger partial charge on any atom is -0.367 e. The lowest BCUT2D eigenvalue weighted by atomic mass is 10.0. The van der Waals surface area contributed by atoms with Gasteiger partial charge in [-0.25, -0.2) is 18.4 Å². The van der Waals surface area contributed by atoms with Gasteiger partial charge in [-0.3, -0.25) is 0 Å². The first-order valence-electron chi connectivity index (χ1n) is 10.5. The number of sulfonamides is 1. The maximum atomic E-state index is 13.5. The van der Waals surface area contributed by atoms with Crippen molar-refractivity contribution in [3.05, 3.63) is 11.2 Å². The third kappa shape index (κ3) is 3.91. The van der Waals surface area contributed by atoms with Gasteiger partial charge in [0.15, 0.2) is 0 Å². The second kappa shape index (κ2) is 8.24. The Kier molecular flexibility index (Phi) is 5.90. The van der Waals surface area contributed by atoms with Crippen LogP contribution >= 0.6 is 11.3 Å². The normalized spacial score (nSPS) is 21.1. The molecule has 1 saturated heterocycles. The minimum atomic E-state index is -3.55. The number of hydrogen-bond donors (Lipinski definition) is 1. The first kappa shape index (κ1) is 20.0. The Bertz CT molecular complexity index is 925. The topological polar surface area (TPSA) is 75.2 Å². The molecule has 1 N–H and O–H groups in total. The number of thiophene rings is 1. The second-order valence-electron chi connectivity index (χ2n) is 8.31. The van der Waals surface area contributed by atoms with Gasteiger partial charge in [0.25, 0.3) is 0 Å². The van der Waals surface area contributed by atoms with E-state index in [1.807, 2.05) is 6.92 Å². The lowest BCUT2D eigenvalue weighted by Crippen LogP contribution is -2.38. The van der Waals surface area contributed by atoms with Crippen LogP contribution in [0.4, 0.5) is 5.82 Å². The van der Waals surface area contributed by atoms with Gasteiger partial charge in [-0.05, 0) is 38.5 Å². The van der Waals surface area contributed by atoms with Gasteiger partial charge in [0.05, 0.1) is 5.39 Å². The van der Waals surface area contributed by atoms with E-state index < -0.39 is 10.0 Å². The van der Waals surface area contributed by atoms with E-state index in [1.54, 1.807) is 10.6 Å². The van der Waals surface area contributed by atoms with Gasteiger partial charge in [-0.2, -0.15) is 4.31 Å². The molecule has 2 aromatic rings. The van der Waals surface area contributed by atoms with Crippen molar-refractivity contribution in [3.8, 4) is 0 Å². The van der Waals surface area contributed by atoms with Gasteiger partial charge in [-0.15, -0.1) is 11.3 Å². The Labute approximate surface area is 171 Å². The standard InChI is InChI=1S/C20H30N4O2S2/c1-14-9-11-24(12-10-14)28(25,26)18-15(2)27-20-17(18)19(21-13-22-20)23-16-7-5-3-4-6-8-16/h13-14,16H,3-12H2,1-2H3,(H,21,22,23). The fourth-order valence-corrected chi connectivity index (χ4v) is 7.57. The SMILES string of the molecule is Cc1sc2ncnc(NC3CCCCCC3)c2c1S(=O)(=O)N1CCC(C)CC1. The molecule has 0 aromatic carbocycles. The summed E-state index contributed by atoms with van der Waals surface area (Å²) in [5.74, 6) is 1.27. The molecule has 2 aliphatic rings. The number of aromatic nitrogens is 2. The highest BCUT2D eigenvalue weighted by Gasteiger charge is 2.33. The summed E-state index contributed by atoms with van der Waals surface area (Å²) < 4.78 is 28.7. The summed E-state index contributed by atoms with van der Waals surface area (Å²) in [4.78, 5) is 10.8. The summed E-state index contributed by atoms with van der Waals surface area (Å²) in [6.07, 6.45) is 10.6. The van der Waals surface area contributed by atoms with Crippen LogP contribution < -0.4 is 5.32 Å². The van der Waals surface area contributed by atoms with Crippen LogP contribution in [0, 0.1) is 12.8 Å². The molecule has 0 unspecified atom stereocenters. The molecule has 0 atom stereocenters. The van der Waals surface area contributed by atoms with Gasteiger partial charge in [0.2, 0.25) is 10.0 Å². The average molecular weight is 423 g/mol. The summed E-state index contributed by atoms with van der Waals surface area (Å²) in [6.45, 7) is 5.28. The fraction of sp³-hybridized carbons (Fsp3) is 0.700. The highest BCUT2D eigenvalue weighted by atomic mass is 32.2. The number of nitrogens with one attached hydrogen (secondary N) is 1. The number of aryl methyl sites for hydroxylation is 1. The van der Waals surface area contributed by atoms with Gasteiger partial charge in [0, 0.05) is 24.0 Å². The van der Waals surface area contributed by atoms with Crippen LogP contribution in [0.25, 0.3) is 10.2 Å². The Morgan fingerprint density at radius 1 is 1.07 bits per heavy atom. The van der Waals surface area contributed by atoms with E-state index in [9.17, 15) is 8.42 Å². The van der Waals surface area contributed by atoms with E-state index >= 15 is 0 Å². The number of piperidine rings is 1. The maximum Gasteiger partial charge on any atom is 0.244 e. The Morgan fingerprint density at radius 2 is 1.75 bits per heavy atom. The quantitative estimate of drug-likeness (QED) is 0.731. The zero-order valence-electron chi connectivity index (χ0n) is 16.8. The third-order valence-electron chi connectivity index (χ3n) is 6.15. The molecule has 2 aromatic heterocycles. The van der Waals surface area contributed by atoms with Gasteiger partial charge in [-0.1, -0.05) is 32.6 Å². The first-order valence-corrected chi connectivity index (χ1v) is 12.7. The lowest BCUT2D eigenvalue weighted by Gasteiger charge is -2.29. The number of rotatable bonds is 4. The summed E-state index contributed by atoms with van der Waals surface area (Å²) in [5.41, 5.74) is 0. The Morgan fingerprint density at radius 3 is 2.43 bits per heavy atom. The highest BCUT2D eigenvalue weighted by Crippen LogP contribution is 2.39. The maximum absolute atomic E-state index is 13.5. The van der Waals surface area contributed by atoms with Crippen molar-refractivity contribution in [2.45, 2.75) is 76.2 Å². The number of fused-ring (bicyclic) bond motifs is 1. The first-order chi connectivity index (χ1) is 13.5. The van der Waals surface area contributed by atoms with E-state index in [2.05, 4.69) is 22.2 Å². The molecule has 1 aliphatic heterocycles. The smallest absolute Gasteiger partial charge is 0.244 e. The second-order valence-corrected chi connectivity index (χ2v) is 11.4. The van der Waals surface area contributed by atoms with E-state index in [0.717, 1.165) is 35.4 Å². The molecule has 0 amide bonds. The highest BCUT2D eigenvalue weighted by molar-refractivity contribution is 7.89. The van der Waals surface area contributed by atoms with Crippen LogP contribution in [0.15, 0.2) is 11.2 Å². The Hall–Kier alpha value is -1.25. The van der Waals surface area contributed by atoms with E-state index in [4.69, 9.17) is 0 Å². The number of hydrogen-bond acceptors (Lipinski definition) is 6. The third-order valence-corrected chi connectivity index (χ3v) is 9.36.